The van der Waals surface area contributed by atoms with Gasteiger partial charge in [-0.15, -0.1) is 11.8 Å². The van der Waals surface area contributed by atoms with Gasteiger partial charge in [-0.25, -0.2) is 4.39 Å². The molecule has 1 unspecified atom stereocenters. The monoisotopic (exact) mass is 228 g/mol. The van der Waals surface area contributed by atoms with Gasteiger partial charge in [0.1, 0.15) is 5.82 Å². The average Bonchev–Trinajstić information content (AvgIpc) is 2.20. The molecule has 0 radical (unpaired) electrons. The lowest BCUT2D eigenvalue weighted by molar-refractivity contribution is -0.119. The minimum atomic E-state index is -0.599. The number of rotatable bonds is 5. The molecule has 0 saturated carbocycles. The number of hydrogen-bond acceptors (Lipinski definition) is 3. The fourth-order valence-electron chi connectivity index (χ4n) is 0.977. The first-order valence-corrected chi connectivity index (χ1v) is 5.51. The zero-order valence-corrected chi connectivity index (χ0v) is 8.97. The zero-order chi connectivity index (χ0) is 11.3. The molecule has 15 heavy (non-hydrogen) atoms. The van der Waals surface area contributed by atoms with Crippen molar-refractivity contribution in [1.82, 2.24) is 0 Å². The highest BCUT2D eigenvalue weighted by atomic mass is 32.2. The van der Waals surface area contributed by atoms with Crippen molar-refractivity contribution in [3.8, 4) is 0 Å². The van der Waals surface area contributed by atoms with E-state index in [0.29, 0.717) is 12.2 Å². The lowest BCUT2D eigenvalue weighted by Crippen LogP contribution is -2.36. The second-order valence-electron chi connectivity index (χ2n) is 3.10. The molecular formula is C10H13FN2OS. The minimum Gasteiger partial charge on any atom is -0.368 e. The Morgan fingerprint density at radius 2 is 2.00 bits per heavy atom. The number of benzene rings is 1. The summed E-state index contributed by atoms with van der Waals surface area (Å²) < 4.78 is 12.6. The SMILES string of the molecule is NC(=O)C(N)CCSc1ccc(F)cc1. The molecule has 1 rings (SSSR count). The molecule has 0 aliphatic rings. The van der Waals surface area contributed by atoms with Crippen molar-refractivity contribution in [3.63, 3.8) is 0 Å². The summed E-state index contributed by atoms with van der Waals surface area (Å²) in [5, 5.41) is 0. The third-order valence-corrected chi connectivity index (χ3v) is 2.92. The summed E-state index contributed by atoms with van der Waals surface area (Å²) in [5.41, 5.74) is 10.5. The average molecular weight is 228 g/mol. The first-order valence-electron chi connectivity index (χ1n) is 4.53. The van der Waals surface area contributed by atoms with Crippen molar-refractivity contribution in [3.05, 3.63) is 30.1 Å². The topological polar surface area (TPSA) is 69.1 Å². The number of halogens is 1. The van der Waals surface area contributed by atoms with E-state index < -0.39 is 11.9 Å². The highest BCUT2D eigenvalue weighted by Gasteiger charge is 2.08. The van der Waals surface area contributed by atoms with Crippen LogP contribution in [0.2, 0.25) is 0 Å². The van der Waals surface area contributed by atoms with Gasteiger partial charge in [0, 0.05) is 4.90 Å². The fourth-order valence-corrected chi connectivity index (χ4v) is 1.91. The van der Waals surface area contributed by atoms with Gasteiger partial charge in [0.15, 0.2) is 0 Å². The molecule has 1 aromatic carbocycles. The van der Waals surface area contributed by atoms with Crippen molar-refractivity contribution in [2.45, 2.75) is 17.4 Å². The molecule has 1 amide bonds. The summed E-state index contributed by atoms with van der Waals surface area (Å²) >= 11 is 1.52. The predicted molar refractivity (Wildman–Crippen MR) is 58.9 cm³/mol. The molecule has 0 saturated heterocycles. The van der Waals surface area contributed by atoms with Crippen molar-refractivity contribution in [2.24, 2.45) is 11.5 Å². The van der Waals surface area contributed by atoms with Crippen molar-refractivity contribution in [1.29, 1.82) is 0 Å². The molecule has 0 aliphatic heterocycles. The maximum absolute atomic E-state index is 12.6. The van der Waals surface area contributed by atoms with Crippen LogP contribution in [0.5, 0.6) is 0 Å². The maximum atomic E-state index is 12.6. The van der Waals surface area contributed by atoms with Gasteiger partial charge in [-0.2, -0.15) is 0 Å². The molecule has 1 aromatic rings. The molecule has 0 spiro atoms. The van der Waals surface area contributed by atoms with Crippen LogP contribution in [0.4, 0.5) is 4.39 Å². The van der Waals surface area contributed by atoms with Gasteiger partial charge in [-0.05, 0) is 36.4 Å². The zero-order valence-electron chi connectivity index (χ0n) is 8.15. The smallest absolute Gasteiger partial charge is 0.234 e. The van der Waals surface area contributed by atoms with Crippen LogP contribution in [0.25, 0.3) is 0 Å². The van der Waals surface area contributed by atoms with Gasteiger partial charge in [-0.1, -0.05) is 0 Å². The number of thioether (sulfide) groups is 1. The van der Waals surface area contributed by atoms with Crippen LogP contribution >= 0.6 is 11.8 Å². The van der Waals surface area contributed by atoms with Crippen LogP contribution in [-0.4, -0.2) is 17.7 Å². The van der Waals surface area contributed by atoms with Crippen molar-refractivity contribution in [2.75, 3.05) is 5.75 Å². The van der Waals surface area contributed by atoms with Crippen LogP contribution < -0.4 is 11.5 Å². The Kier molecular flexibility index (Phi) is 4.58. The fraction of sp³-hybridized carbons (Fsp3) is 0.300. The molecule has 3 nitrogen and oxygen atoms in total. The van der Waals surface area contributed by atoms with Crippen LogP contribution in [0.1, 0.15) is 6.42 Å². The first kappa shape index (κ1) is 12.0. The summed E-state index contributed by atoms with van der Waals surface area (Å²) in [6.07, 6.45) is 0.525. The molecular weight excluding hydrogens is 215 g/mol. The van der Waals surface area contributed by atoms with E-state index in [-0.39, 0.29) is 5.82 Å². The molecule has 5 heteroatoms. The molecule has 1 atom stereocenters. The highest BCUT2D eigenvalue weighted by Crippen LogP contribution is 2.19. The van der Waals surface area contributed by atoms with Gasteiger partial charge >= 0.3 is 0 Å². The maximum Gasteiger partial charge on any atom is 0.234 e. The second-order valence-corrected chi connectivity index (χ2v) is 4.27. The summed E-state index contributed by atoms with van der Waals surface area (Å²) in [4.78, 5) is 11.6. The van der Waals surface area contributed by atoms with E-state index in [4.69, 9.17) is 11.5 Å². The van der Waals surface area contributed by atoms with Gasteiger partial charge in [0.25, 0.3) is 0 Å². The Hall–Kier alpha value is -1.07. The highest BCUT2D eigenvalue weighted by molar-refractivity contribution is 7.99. The van der Waals surface area contributed by atoms with Gasteiger partial charge < -0.3 is 11.5 Å². The van der Waals surface area contributed by atoms with E-state index in [1.165, 1.54) is 23.9 Å². The van der Waals surface area contributed by atoms with E-state index in [2.05, 4.69) is 0 Å². The predicted octanol–water partition coefficient (Wildman–Crippen LogP) is 1.12. The van der Waals surface area contributed by atoms with Gasteiger partial charge in [0.05, 0.1) is 6.04 Å². The molecule has 0 bridgehead atoms. The Balaban J connectivity index is 2.32. The van der Waals surface area contributed by atoms with Crippen molar-refractivity contribution < 1.29 is 9.18 Å². The largest absolute Gasteiger partial charge is 0.368 e. The van der Waals surface area contributed by atoms with Crippen LogP contribution in [-0.2, 0) is 4.79 Å². The molecule has 0 fully saturated rings. The molecule has 4 N–H and O–H groups in total. The number of primary amides is 1. The normalized spacial score (nSPS) is 12.4. The van der Waals surface area contributed by atoms with E-state index in [1.54, 1.807) is 12.1 Å². The van der Waals surface area contributed by atoms with E-state index in [0.717, 1.165) is 4.90 Å². The van der Waals surface area contributed by atoms with Crippen LogP contribution in [0.3, 0.4) is 0 Å². The number of amides is 1. The number of carbonyl (C=O) groups excluding carboxylic acids is 1. The first-order chi connectivity index (χ1) is 7.09. The number of hydrogen-bond donors (Lipinski definition) is 2. The third-order valence-electron chi connectivity index (χ3n) is 1.88. The second kappa shape index (κ2) is 5.72. The summed E-state index contributed by atoms with van der Waals surface area (Å²) in [7, 11) is 0. The third kappa shape index (κ3) is 4.31. The summed E-state index contributed by atoms with van der Waals surface area (Å²) in [5.74, 6) is -0.0571. The number of carbonyl (C=O) groups is 1. The van der Waals surface area contributed by atoms with Gasteiger partial charge in [-0.3, -0.25) is 4.79 Å². The lowest BCUT2D eigenvalue weighted by atomic mass is 10.2. The molecule has 82 valence electrons. The lowest BCUT2D eigenvalue weighted by Gasteiger charge is -2.06. The quantitative estimate of drug-likeness (QED) is 0.742. The van der Waals surface area contributed by atoms with Crippen molar-refractivity contribution >= 4 is 17.7 Å². The minimum absolute atomic E-state index is 0.256. The Morgan fingerprint density at radius 3 is 2.53 bits per heavy atom. The summed E-state index contributed by atoms with van der Waals surface area (Å²) in [6, 6.07) is 5.58. The molecule has 0 aromatic heterocycles. The Morgan fingerprint density at radius 1 is 1.40 bits per heavy atom. The number of nitrogens with two attached hydrogens (primary N) is 2. The van der Waals surface area contributed by atoms with Crippen LogP contribution in [0.15, 0.2) is 29.2 Å². The van der Waals surface area contributed by atoms with E-state index in [1.807, 2.05) is 0 Å². The molecule has 0 heterocycles. The van der Waals surface area contributed by atoms with E-state index >= 15 is 0 Å². The van der Waals surface area contributed by atoms with E-state index in [9.17, 15) is 9.18 Å². The Labute approximate surface area is 92.0 Å². The van der Waals surface area contributed by atoms with Crippen LogP contribution in [0, 0.1) is 5.82 Å². The summed E-state index contributed by atoms with van der Waals surface area (Å²) in [6.45, 7) is 0. The standard InChI is InChI=1S/C10H13FN2OS/c11-7-1-3-8(4-2-7)15-6-5-9(12)10(13)14/h1-4,9H,5-6,12H2,(H2,13,14). The van der Waals surface area contributed by atoms with Gasteiger partial charge in [0.2, 0.25) is 5.91 Å². The Bertz CT molecular complexity index is 329. The molecule has 0 aliphatic carbocycles.